The Kier molecular flexibility index (Phi) is 5.92. The lowest BCUT2D eigenvalue weighted by molar-refractivity contribution is -0.139. The van der Waals surface area contributed by atoms with E-state index in [-0.39, 0.29) is 36.2 Å². The van der Waals surface area contributed by atoms with Crippen LogP contribution in [0.2, 0.25) is 0 Å². The molecule has 3 aliphatic rings. The number of nitrogens with one attached hydrogen (secondary N) is 1. The van der Waals surface area contributed by atoms with Crippen molar-refractivity contribution in [1.29, 1.82) is 0 Å². The SMILES string of the molecule is CC1CCC([C@H](NC(=O)c2cccc(-n3cnnn3)c2)C(=O)N2CC[C@H]3OCC(=O)[C@H]32)CC1. The maximum Gasteiger partial charge on any atom is 0.252 e. The average molecular weight is 453 g/mol. The number of carbonyl (C=O) groups is 3. The van der Waals surface area contributed by atoms with Crippen molar-refractivity contribution >= 4 is 17.6 Å². The topological polar surface area (TPSA) is 119 Å². The number of rotatable bonds is 5. The fourth-order valence-electron chi connectivity index (χ4n) is 5.31. The van der Waals surface area contributed by atoms with E-state index >= 15 is 0 Å². The van der Waals surface area contributed by atoms with Gasteiger partial charge in [0, 0.05) is 12.1 Å². The summed E-state index contributed by atoms with van der Waals surface area (Å²) in [5, 5.41) is 14.1. The van der Waals surface area contributed by atoms with Gasteiger partial charge in [-0.1, -0.05) is 25.8 Å². The predicted molar refractivity (Wildman–Crippen MR) is 116 cm³/mol. The van der Waals surface area contributed by atoms with Gasteiger partial charge >= 0.3 is 0 Å². The summed E-state index contributed by atoms with van der Waals surface area (Å²) >= 11 is 0. The van der Waals surface area contributed by atoms with Crippen molar-refractivity contribution in [3.05, 3.63) is 36.2 Å². The van der Waals surface area contributed by atoms with E-state index < -0.39 is 12.1 Å². The monoisotopic (exact) mass is 452 g/mol. The molecule has 10 heteroatoms. The van der Waals surface area contributed by atoms with Crippen LogP contribution in [0.1, 0.15) is 49.4 Å². The summed E-state index contributed by atoms with van der Waals surface area (Å²) < 4.78 is 7.03. The first-order valence-electron chi connectivity index (χ1n) is 11.6. The smallest absolute Gasteiger partial charge is 0.252 e. The van der Waals surface area contributed by atoms with E-state index in [1.165, 1.54) is 11.0 Å². The Morgan fingerprint density at radius 2 is 2.00 bits per heavy atom. The van der Waals surface area contributed by atoms with Crippen molar-refractivity contribution in [2.24, 2.45) is 11.8 Å². The van der Waals surface area contributed by atoms with Gasteiger partial charge in [-0.3, -0.25) is 14.4 Å². The first-order chi connectivity index (χ1) is 16.0. The van der Waals surface area contributed by atoms with Crippen LogP contribution in [0, 0.1) is 11.8 Å². The maximum absolute atomic E-state index is 13.7. The van der Waals surface area contributed by atoms with Crippen molar-refractivity contribution in [3.63, 3.8) is 0 Å². The Balaban J connectivity index is 1.38. The molecule has 174 valence electrons. The van der Waals surface area contributed by atoms with E-state index in [0.29, 0.717) is 30.1 Å². The second kappa shape index (κ2) is 9.01. The van der Waals surface area contributed by atoms with Crippen LogP contribution in [-0.4, -0.2) is 74.0 Å². The number of benzene rings is 1. The van der Waals surface area contributed by atoms with Gasteiger partial charge in [0.15, 0.2) is 5.78 Å². The number of tetrazole rings is 1. The quantitative estimate of drug-likeness (QED) is 0.723. The molecule has 1 N–H and O–H groups in total. The second-order valence-corrected chi connectivity index (χ2v) is 9.36. The van der Waals surface area contributed by atoms with Crippen molar-refractivity contribution in [2.75, 3.05) is 13.2 Å². The van der Waals surface area contributed by atoms with Gasteiger partial charge in [0.2, 0.25) is 5.91 Å². The number of hydrogen-bond donors (Lipinski definition) is 1. The molecule has 5 rings (SSSR count). The van der Waals surface area contributed by atoms with Crippen molar-refractivity contribution in [2.45, 2.75) is 57.2 Å². The molecular weight excluding hydrogens is 424 g/mol. The summed E-state index contributed by atoms with van der Waals surface area (Å²) in [5.41, 5.74) is 1.07. The molecule has 3 heterocycles. The molecule has 1 aromatic heterocycles. The van der Waals surface area contributed by atoms with Crippen LogP contribution in [0.25, 0.3) is 5.69 Å². The second-order valence-electron chi connectivity index (χ2n) is 9.36. The largest absolute Gasteiger partial charge is 0.368 e. The molecule has 1 saturated carbocycles. The molecule has 1 aromatic carbocycles. The van der Waals surface area contributed by atoms with Crippen LogP contribution in [0.3, 0.4) is 0 Å². The molecule has 2 saturated heterocycles. The van der Waals surface area contributed by atoms with Crippen LogP contribution >= 0.6 is 0 Å². The van der Waals surface area contributed by atoms with Crippen LogP contribution in [0.15, 0.2) is 30.6 Å². The summed E-state index contributed by atoms with van der Waals surface area (Å²) in [5.74, 6) is 0.0957. The minimum absolute atomic E-state index is 0.0387. The number of Topliss-reactive ketones (excluding diaryl/α,β-unsaturated/α-hetero) is 1. The van der Waals surface area contributed by atoms with Gasteiger partial charge in [-0.05, 0) is 59.7 Å². The zero-order valence-corrected chi connectivity index (χ0v) is 18.6. The molecular formula is C23H28N6O4. The zero-order chi connectivity index (χ0) is 22.9. The normalized spacial score (nSPS) is 27.9. The maximum atomic E-state index is 13.7. The van der Waals surface area contributed by atoms with Gasteiger partial charge < -0.3 is 15.0 Å². The average Bonchev–Trinajstić information content (AvgIpc) is 3.58. The highest BCUT2D eigenvalue weighted by atomic mass is 16.5. The van der Waals surface area contributed by atoms with Crippen molar-refractivity contribution in [1.82, 2.24) is 30.4 Å². The molecule has 33 heavy (non-hydrogen) atoms. The molecule has 2 amide bonds. The summed E-state index contributed by atoms with van der Waals surface area (Å²) in [7, 11) is 0. The Morgan fingerprint density at radius 3 is 2.76 bits per heavy atom. The molecule has 2 aliphatic heterocycles. The van der Waals surface area contributed by atoms with Crippen molar-refractivity contribution < 1.29 is 19.1 Å². The lowest BCUT2D eigenvalue weighted by atomic mass is 9.78. The Labute approximate surface area is 191 Å². The molecule has 3 fully saturated rings. The van der Waals surface area contributed by atoms with E-state index in [9.17, 15) is 14.4 Å². The number of fused-ring (bicyclic) bond motifs is 1. The molecule has 0 radical (unpaired) electrons. The Bertz CT molecular complexity index is 1030. The number of ether oxygens (including phenoxy) is 1. The molecule has 0 unspecified atom stereocenters. The van der Waals surface area contributed by atoms with Crippen LogP contribution < -0.4 is 5.32 Å². The van der Waals surface area contributed by atoms with Gasteiger partial charge in [-0.15, -0.1) is 5.10 Å². The number of likely N-dealkylation sites (tertiary alicyclic amines) is 1. The fourth-order valence-corrected chi connectivity index (χ4v) is 5.31. The lowest BCUT2D eigenvalue weighted by Gasteiger charge is -2.35. The highest BCUT2D eigenvalue weighted by Crippen LogP contribution is 2.34. The molecule has 1 aliphatic carbocycles. The highest BCUT2D eigenvalue weighted by molar-refractivity contribution is 5.99. The Morgan fingerprint density at radius 1 is 1.18 bits per heavy atom. The van der Waals surface area contributed by atoms with E-state index in [1.807, 2.05) is 0 Å². The third-order valence-corrected chi connectivity index (χ3v) is 7.20. The third kappa shape index (κ3) is 4.27. The predicted octanol–water partition coefficient (Wildman–Crippen LogP) is 1.16. The number of aromatic nitrogens is 4. The standard InChI is InChI=1S/C23H28N6O4/c1-14-5-7-15(8-6-14)20(23(32)28-10-9-19-21(28)18(30)12-33-19)25-22(31)16-3-2-4-17(11-16)29-13-24-26-27-29/h2-4,11,13-15,19-21H,5-10,12H2,1H3,(H,25,31)/t14?,15?,19-,20+,21-/m1/s1. The van der Waals surface area contributed by atoms with Gasteiger partial charge in [-0.2, -0.15) is 0 Å². The molecule has 0 bridgehead atoms. The van der Waals surface area contributed by atoms with E-state index in [4.69, 9.17) is 4.74 Å². The first kappa shape index (κ1) is 21.7. The number of ketones is 1. The number of nitrogens with zero attached hydrogens (tertiary/aromatic N) is 5. The molecule has 3 atom stereocenters. The van der Waals surface area contributed by atoms with Crippen LogP contribution in [-0.2, 0) is 14.3 Å². The summed E-state index contributed by atoms with van der Waals surface area (Å²) in [6.07, 6.45) is 5.66. The highest BCUT2D eigenvalue weighted by Gasteiger charge is 2.49. The summed E-state index contributed by atoms with van der Waals surface area (Å²) in [4.78, 5) is 41.0. The number of amides is 2. The van der Waals surface area contributed by atoms with Gasteiger partial charge in [0.05, 0.1) is 11.8 Å². The number of carbonyl (C=O) groups excluding carboxylic acids is 3. The summed E-state index contributed by atoms with van der Waals surface area (Å²) in [6.45, 7) is 2.75. The third-order valence-electron chi connectivity index (χ3n) is 7.20. The Hall–Kier alpha value is -3.14. The minimum atomic E-state index is -0.672. The van der Waals surface area contributed by atoms with E-state index in [1.54, 1.807) is 29.2 Å². The van der Waals surface area contributed by atoms with E-state index in [0.717, 1.165) is 25.7 Å². The molecule has 0 spiro atoms. The van der Waals surface area contributed by atoms with Gasteiger partial charge in [0.25, 0.3) is 5.91 Å². The lowest BCUT2D eigenvalue weighted by Crippen LogP contribution is -2.55. The van der Waals surface area contributed by atoms with Crippen LogP contribution in [0.4, 0.5) is 0 Å². The molecule has 2 aromatic rings. The summed E-state index contributed by atoms with van der Waals surface area (Å²) in [6, 6.07) is 5.75. The fraction of sp³-hybridized carbons (Fsp3) is 0.565. The van der Waals surface area contributed by atoms with Crippen molar-refractivity contribution in [3.8, 4) is 5.69 Å². The molecule has 10 nitrogen and oxygen atoms in total. The van der Waals surface area contributed by atoms with Crippen LogP contribution in [0.5, 0.6) is 0 Å². The zero-order valence-electron chi connectivity index (χ0n) is 18.6. The minimum Gasteiger partial charge on any atom is -0.368 e. The van der Waals surface area contributed by atoms with E-state index in [2.05, 4.69) is 27.8 Å². The van der Waals surface area contributed by atoms with Gasteiger partial charge in [-0.25, -0.2) is 4.68 Å². The van der Waals surface area contributed by atoms with Gasteiger partial charge in [0.1, 0.15) is 25.0 Å². The number of hydrogen-bond acceptors (Lipinski definition) is 7. The first-order valence-corrected chi connectivity index (χ1v) is 11.6.